The molecule has 0 spiro atoms. The van der Waals surface area contributed by atoms with Gasteiger partial charge in [-0.25, -0.2) is 9.18 Å². The summed E-state index contributed by atoms with van der Waals surface area (Å²) >= 11 is 0. The molecule has 1 N–H and O–H groups in total. The Morgan fingerprint density at radius 3 is 2.30 bits per heavy atom. The fourth-order valence-corrected chi connectivity index (χ4v) is 2.08. The molecule has 0 bridgehead atoms. The normalized spacial score (nSPS) is 11.9. The number of carboxylic acids is 1. The number of carbonyl (C=O) groups is 1. The maximum absolute atomic E-state index is 12.8. The number of carboxylic acid groups (broad SMARTS) is 1. The van der Waals surface area contributed by atoms with E-state index in [0.29, 0.717) is 12.4 Å². The molecule has 0 aliphatic rings. The van der Waals surface area contributed by atoms with Crippen molar-refractivity contribution in [2.24, 2.45) is 0 Å². The monoisotopic (exact) mass is 318 g/mol. The van der Waals surface area contributed by atoms with Gasteiger partial charge in [-0.15, -0.1) is 0 Å². The molecule has 0 saturated carbocycles. The molecule has 0 heterocycles. The predicted molar refractivity (Wildman–Crippen MR) is 83.9 cm³/mol. The molecule has 1 unspecified atom stereocenters. The molecule has 2 aromatic carbocycles. The van der Waals surface area contributed by atoms with E-state index < -0.39 is 5.97 Å². The van der Waals surface area contributed by atoms with E-state index in [2.05, 4.69) is 0 Å². The number of rotatable bonds is 8. The van der Waals surface area contributed by atoms with Crippen LogP contribution in [0.15, 0.2) is 48.5 Å². The molecule has 2 aromatic rings. The van der Waals surface area contributed by atoms with Crippen molar-refractivity contribution in [1.29, 1.82) is 0 Å². The minimum Gasteiger partial charge on any atom is -0.482 e. The van der Waals surface area contributed by atoms with Crippen LogP contribution < -0.4 is 4.74 Å². The first-order chi connectivity index (χ1) is 11.0. The SMILES string of the molecule is CC(Cc1ccc(OCC(=O)O)cc1)OCc1ccc(F)cc1. The molecule has 0 radical (unpaired) electrons. The lowest BCUT2D eigenvalue weighted by atomic mass is 10.1. The molecule has 122 valence electrons. The van der Waals surface area contributed by atoms with Gasteiger partial charge < -0.3 is 14.6 Å². The topological polar surface area (TPSA) is 55.8 Å². The van der Waals surface area contributed by atoms with E-state index in [0.717, 1.165) is 17.5 Å². The Morgan fingerprint density at radius 1 is 1.09 bits per heavy atom. The summed E-state index contributed by atoms with van der Waals surface area (Å²) in [7, 11) is 0. The Kier molecular flexibility index (Phi) is 6.11. The van der Waals surface area contributed by atoms with Crippen molar-refractivity contribution in [3.05, 3.63) is 65.5 Å². The summed E-state index contributed by atoms with van der Waals surface area (Å²) in [5.41, 5.74) is 2.00. The average Bonchev–Trinajstić information content (AvgIpc) is 2.53. The smallest absolute Gasteiger partial charge is 0.341 e. The minimum absolute atomic E-state index is 0.00541. The van der Waals surface area contributed by atoms with E-state index in [1.807, 2.05) is 19.1 Å². The van der Waals surface area contributed by atoms with Gasteiger partial charge in [-0.05, 0) is 48.7 Å². The van der Waals surface area contributed by atoms with Crippen LogP contribution in [-0.2, 0) is 22.6 Å². The van der Waals surface area contributed by atoms with Crippen LogP contribution in [-0.4, -0.2) is 23.8 Å². The third kappa shape index (κ3) is 6.08. The second-order valence-electron chi connectivity index (χ2n) is 5.28. The highest BCUT2D eigenvalue weighted by atomic mass is 19.1. The zero-order valence-electron chi connectivity index (χ0n) is 12.9. The lowest BCUT2D eigenvalue weighted by Crippen LogP contribution is -2.12. The standard InChI is InChI=1S/C18H19FO4/c1-13(22-11-15-2-6-16(19)7-3-15)10-14-4-8-17(9-5-14)23-12-18(20)21/h2-9,13H,10-12H2,1H3,(H,20,21). The van der Waals surface area contributed by atoms with Crippen molar-refractivity contribution in [2.45, 2.75) is 26.1 Å². The second-order valence-corrected chi connectivity index (χ2v) is 5.28. The molecule has 1 atom stereocenters. The Hall–Kier alpha value is -2.40. The number of hydrogen-bond acceptors (Lipinski definition) is 3. The van der Waals surface area contributed by atoms with Crippen molar-refractivity contribution in [3.8, 4) is 5.75 Å². The summed E-state index contributed by atoms with van der Waals surface area (Å²) in [5, 5.41) is 8.55. The van der Waals surface area contributed by atoms with Gasteiger partial charge in [0, 0.05) is 0 Å². The van der Waals surface area contributed by atoms with Crippen LogP contribution >= 0.6 is 0 Å². The van der Waals surface area contributed by atoms with Gasteiger partial charge >= 0.3 is 5.97 Å². The number of ether oxygens (including phenoxy) is 2. The summed E-state index contributed by atoms with van der Waals surface area (Å²) in [5.74, 6) is -0.736. The van der Waals surface area contributed by atoms with Gasteiger partial charge in [0.15, 0.2) is 6.61 Å². The Labute approximate surface area is 134 Å². The van der Waals surface area contributed by atoms with Crippen molar-refractivity contribution >= 4 is 5.97 Å². The van der Waals surface area contributed by atoms with Gasteiger partial charge in [-0.2, -0.15) is 0 Å². The molecule has 0 aliphatic carbocycles. The zero-order chi connectivity index (χ0) is 16.7. The van der Waals surface area contributed by atoms with E-state index in [-0.39, 0.29) is 18.5 Å². The molecule has 23 heavy (non-hydrogen) atoms. The summed E-state index contributed by atoms with van der Waals surface area (Å²) in [6.45, 7) is 2.05. The first-order valence-corrected chi connectivity index (χ1v) is 7.32. The third-order valence-electron chi connectivity index (χ3n) is 3.26. The Bertz CT molecular complexity index is 622. The van der Waals surface area contributed by atoms with Gasteiger partial charge in [0.25, 0.3) is 0 Å². The van der Waals surface area contributed by atoms with Crippen LogP contribution in [0.5, 0.6) is 5.75 Å². The summed E-state index contributed by atoms with van der Waals surface area (Å²) in [6.07, 6.45) is 0.728. The average molecular weight is 318 g/mol. The zero-order valence-corrected chi connectivity index (χ0v) is 12.9. The molecule has 0 aromatic heterocycles. The lowest BCUT2D eigenvalue weighted by molar-refractivity contribution is -0.139. The quantitative estimate of drug-likeness (QED) is 0.810. The number of aliphatic carboxylic acids is 1. The van der Waals surface area contributed by atoms with Gasteiger partial charge in [0.2, 0.25) is 0 Å². The van der Waals surface area contributed by atoms with Crippen LogP contribution in [0, 0.1) is 5.82 Å². The first-order valence-electron chi connectivity index (χ1n) is 7.32. The first kappa shape index (κ1) is 17.0. The van der Waals surface area contributed by atoms with Crippen molar-refractivity contribution in [2.75, 3.05) is 6.61 Å². The second kappa shape index (κ2) is 8.29. The highest BCUT2D eigenvalue weighted by Gasteiger charge is 2.06. The molecular weight excluding hydrogens is 299 g/mol. The molecule has 0 saturated heterocycles. The number of hydrogen-bond donors (Lipinski definition) is 1. The molecule has 0 aliphatic heterocycles. The van der Waals surface area contributed by atoms with Gasteiger partial charge in [-0.1, -0.05) is 24.3 Å². The number of halogens is 1. The summed E-state index contributed by atoms with van der Waals surface area (Å²) < 4.78 is 23.7. The fourth-order valence-electron chi connectivity index (χ4n) is 2.08. The van der Waals surface area contributed by atoms with E-state index in [1.54, 1.807) is 24.3 Å². The highest BCUT2D eigenvalue weighted by molar-refractivity contribution is 5.68. The largest absolute Gasteiger partial charge is 0.482 e. The molecule has 0 fully saturated rings. The lowest BCUT2D eigenvalue weighted by Gasteiger charge is -2.13. The van der Waals surface area contributed by atoms with Gasteiger partial charge in [0.1, 0.15) is 11.6 Å². The van der Waals surface area contributed by atoms with Gasteiger partial charge in [-0.3, -0.25) is 0 Å². The summed E-state index contributed by atoms with van der Waals surface area (Å²) in [4.78, 5) is 10.4. The van der Waals surface area contributed by atoms with Crippen molar-refractivity contribution in [1.82, 2.24) is 0 Å². The maximum atomic E-state index is 12.8. The van der Waals surface area contributed by atoms with E-state index >= 15 is 0 Å². The van der Waals surface area contributed by atoms with Crippen LogP contribution in [0.4, 0.5) is 4.39 Å². The van der Waals surface area contributed by atoms with Crippen LogP contribution in [0.2, 0.25) is 0 Å². The molecule has 0 amide bonds. The van der Waals surface area contributed by atoms with Gasteiger partial charge in [0.05, 0.1) is 12.7 Å². The van der Waals surface area contributed by atoms with Crippen molar-refractivity contribution < 1.29 is 23.8 Å². The fraction of sp³-hybridized carbons (Fsp3) is 0.278. The summed E-state index contributed by atoms with van der Waals surface area (Å²) in [6, 6.07) is 13.5. The highest BCUT2D eigenvalue weighted by Crippen LogP contribution is 2.15. The number of benzene rings is 2. The predicted octanol–water partition coefficient (Wildman–Crippen LogP) is 3.44. The minimum atomic E-state index is -1.00. The molecular formula is C18H19FO4. The Morgan fingerprint density at radius 2 is 1.70 bits per heavy atom. The van der Waals surface area contributed by atoms with Crippen LogP contribution in [0.3, 0.4) is 0 Å². The van der Waals surface area contributed by atoms with E-state index in [4.69, 9.17) is 14.6 Å². The van der Waals surface area contributed by atoms with E-state index in [9.17, 15) is 9.18 Å². The molecule has 2 rings (SSSR count). The van der Waals surface area contributed by atoms with Crippen LogP contribution in [0.25, 0.3) is 0 Å². The molecule has 4 nitrogen and oxygen atoms in total. The molecule has 5 heteroatoms. The maximum Gasteiger partial charge on any atom is 0.341 e. The Balaban J connectivity index is 1.79. The van der Waals surface area contributed by atoms with Crippen molar-refractivity contribution in [3.63, 3.8) is 0 Å². The van der Waals surface area contributed by atoms with Crippen LogP contribution in [0.1, 0.15) is 18.1 Å². The third-order valence-corrected chi connectivity index (χ3v) is 3.26. The van der Waals surface area contributed by atoms with E-state index in [1.165, 1.54) is 12.1 Å².